The maximum atomic E-state index is 12.4. The minimum absolute atomic E-state index is 0.171. The number of carbonyl (C=O) groups is 3. The molecule has 0 atom stereocenters. The van der Waals surface area contributed by atoms with Crippen molar-refractivity contribution in [3.8, 4) is 0 Å². The molecule has 2 aliphatic rings. The van der Waals surface area contributed by atoms with Gasteiger partial charge >= 0.3 is 0 Å². The van der Waals surface area contributed by atoms with Crippen LogP contribution in [0.4, 0.5) is 0 Å². The molecular formula is C16H19N3O3. The predicted molar refractivity (Wildman–Crippen MR) is 80.6 cm³/mol. The van der Waals surface area contributed by atoms with Crippen molar-refractivity contribution >= 4 is 17.7 Å². The van der Waals surface area contributed by atoms with Crippen LogP contribution in [0.3, 0.4) is 0 Å². The van der Waals surface area contributed by atoms with Gasteiger partial charge in [0.2, 0.25) is 5.91 Å². The topological polar surface area (TPSA) is 69.7 Å². The van der Waals surface area contributed by atoms with E-state index in [0.717, 1.165) is 30.0 Å². The standard InChI is InChI=1S/C16H19N3O3/c1-11-3-4-12-13(9-11)16(22)19(15(12)21)10-14(20)18-7-2-5-17-6-8-18/h3-4,9,17H,2,5-8,10H2,1H3. The number of amides is 3. The van der Waals surface area contributed by atoms with Crippen LogP contribution in [-0.2, 0) is 4.79 Å². The van der Waals surface area contributed by atoms with Crippen LogP contribution in [0, 0.1) is 6.92 Å². The molecule has 2 heterocycles. The van der Waals surface area contributed by atoms with Crippen LogP contribution >= 0.6 is 0 Å². The van der Waals surface area contributed by atoms with Crippen molar-refractivity contribution in [1.82, 2.24) is 15.1 Å². The summed E-state index contributed by atoms with van der Waals surface area (Å²) in [5.41, 5.74) is 1.71. The Bertz CT molecular complexity index is 634. The molecule has 1 saturated heterocycles. The average Bonchev–Trinajstić information content (AvgIpc) is 2.72. The van der Waals surface area contributed by atoms with Gasteiger partial charge in [-0.2, -0.15) is 0 Å². The first-order valence-electron chi connectivity index (χ1n) is 7.53. The van der Waals surface area contributed by atoms with E-state index in [9.17, 15) is 14.4 Å². The van der Waals surface area contributed by atoms with Gasteiger partial charge in [-0.05, 0) is 32.0 Å². The third-order valence-electron chi connectivity index (χ3n) is 4.11. The van der Waals surface area contributed by atoms with Gasteiger partial charge in [0.1, 0.15) is 6.54 Å². The minimum atomic E-state index is -0.374. The van der Waals surface area contributed by atoms with E-state index in [1.165, 1.54) is 0 Å². The fourth-order valence-corrected chi connectivity index (χ4v) is 2.88. The number of carbonyl (C=O) groups excluding carboxylic acids is 3. The van der Waals surface area contributed by atoms with Gasteiger partial charge < -0.3 is 10.2 Å². The molecule has 0 aliphatic carbocycles. The van der Waals surface area contributed by atoms with Crippen molar-refractivity contribution in [3.63, 3.8) is 0 Å². The quantitative estimate of drug-likeness (QED) is 0.804. The number of benzene rings is 1. The lowest BCUT2D eigenvalue weighted by atomic mass is 10.1. The van der Waals surface area contributed by atoms with Crippen LogP contribution in [-0.4, -0.2) is 60.2 Å². The Morgan fingerprint density at radius 3 is 2.73 bits per heavy atom. The van der Waals surface area contributed by atoms with Crippen molar-refractivity contribution in [2.45, 2.75) is 13.3 Å². The lowest BCUT2D eigenvalue weighted by Crippen LogP contribution is -2.43. The highest BCUT2D eigenvalue weighted by molar-refractivity contribution is 6.22. The van der Waals surface area contributed by atoms with E-state index < -0.39 is 0 Å². The molecule has 3 rings (SSSR count). The number of hydrogen-bond acceptors (Lipinski definition) is 4. The molecule has 2 aliphatic heterocycles. The molecule has 22 heavy (non-hydrogen) atoms. The van der Waals surface area contributed by atoms with Crippen molar-refractivity contribution in [1.29, 1.82) is 0 Å². The van der Waals surface area contributed by atoms with Gasteiger partial charge in [-0.15, -0.1) is 0 Å². The molecule has 1 aromatic rings. The van der Waals surface area contributed by atoms with Gasteiger partial charge in [-0.25, -0.2) is 0 Å². The molecule has 0 unspecified atom stereocenters. The largest absolute Gasteiger partial charge is 0.340 e. The van der Waals surface area contributed by atoms with Gasteiger partial charge in [-0.3, -0.25) is 19.3 Å². The van der Waals surface area contributed by atoms with Crippen LogP contribution in [0.25, 0.3) is 0 Å². The highest BCUT2D eigenvalue weighted by Crippen LogP contribution is 2.23. The molecule has 0 spiro atoms. The van der Waals surface area contributed by atoms with Crippen molar-refractivity contribution in [2.75, 3.05) is 32.7 Å². The summed E-state index contributed by atoms with van der Waals surface area (Å²) in [6.07, 6.45) is 0.882. The third kappa shape index (κ3) is 2.62. The molecule has 1 aromatic carbocycles. The predicted octanol–water partition coefficient (Wildman–Crippen LogP) is 0.413. The Hall–Kier alpha value is -2.21. The Morgan fingerprint density at radius 1 is 1.14 bits per heavy atom. The molecule has 6 heteroatoms. The van der Waals surface area contributed by atoms with Crippen LogP contribution in [0.5, 0.6) is 0 Å². The van der Waals surface area contributed by atoms with Gasteiger partial charge in [0.05, 0.1) is 11.1 Å². The normalized spacial score (nSPS) is 18.4. The summed E-state index contributed by atoms with van der Waals surface area (Å²) in [7, 11) is 0. The van der Waals surface area contributed by atoms with Crippen LogP contribution < -0.4 is 5.32 Å². The fourth-order valence-electron chi connectivity index (χ4n) is 2.88. The van der Waals surface area contributed by atoms with E-state index in [-0.39, 0.29) is 24.3 Å². The second-order valence-corrected chi connectivity index (χ2v) is 5.73. The van der Waals surface area contributed by atoms with Gasteiger partial charge in [-0.1, -0.05) is 11.6 Å². The number of nitrogens with one attached hydrogen (secondary N) is 1. The van der Waals surface area contributed by atoms with Crippen LogP contribution in [0.2, 0.25) is 0 Å². The molecule has 0 aromatic heterocycles. The highest BCUT2D eigenvalue weighted by Gasteiger charge is 2.37. The monoisotopic (exact) mass is 301 g/mol. The van der Waals surface area contributed by atoms with Crippen LogP contribution in [0.1, 0.15) is 32.7 Å². The van der Waals surface area contributed by atoms with E-state index in [4.69, 9.17) is 0 Å². The minimum Gasteiger partial charge on any atom is -0.340 e. The van der Waals surface area contributed by atoms with Gasteiger partial charge in [0.25, 0.3) is 11.8 Å². The number of fused-ring (bicyclic) bond motifs is 1. The Balaban J connectivity index is 1.75. The van der Waals surface area contributed by atoms with E-state index in [2.05, 4.69) is 5.32 Å². The fraction of sp³-hybridized carbons (Fsp3) is 0.438. The molecule has 116 valence electrons. The third-order valence-corrected chi connectivity index (χ3v) is 4.11. The van der Waals surface area contributed by atoms with E-state index in [0.29, 0.717) is 24.2 Å². The number of imide groups is 1. The highest BCUT2D eigenvalue weighted by atomic mass is 16.2. The van der Waals surface area contributed by atoms with Crippen molar-refractivity contribution < 1.29 is 14.4 Å². The molecule has 0 bridgehead atoms. The molecule has 6 nitrogen and oxygen atoms in total. The SMILES string of the molecule is Cc1ccc2c(c1)C(=O)N(CC(=O)N1CCCNCC1)C2=O. The summed E-state index contributed by atoms with van der Waals surface area (Å²) in [6.45, 7) is 4.60. The summed E-state index contributed by atoms with van der Waals surface area (Å²) in [6, 6.07) is 5.16. The molecule has 1 fully saturated rings. The van der Waals surface area contributed by atoms with E-state index in [1.54, 1.807) is 23.1 Å². The zero-order valence-electron chi connectivity index (χ0n) is 12.6. The van der Waals surface area contributed by atoms with Gasteiger partial charge in [0.15, 0.2) is 0 Å². The number of hydrogen-bond donors (Lipinski definition) is 1. The summed E-state index contributed by atoms with van der Waals surface area (Å²) >= 11 is 0. The maximum Gasteiger partial charge on any atom is 0.262 e. The lowest BCUT2D eigenvalue weighted by Gasteiger charge is -2.22. The van der Waals surface area contributed by atoms with Crippen LogP contribution in [0.15, 0.2) is 18.2 Å². The maximum absolute atomic E-state index is 12.4. The number of aryl methyl sites for hydroxylation is 1. The smallest absolute Gasteiger partial charge is 0.262 e. The second-order valence-electron chi connectivity index (χ2n) is 5.73. The zero-order chi connectivity index (χ0) is 15.7. The Kier molecular flexibility index (Phi) is 3.94. The van der Waals surface area contributed by atoms with E-state index >= 15 is 0 Å². The average molecular weight is 301 g/mol. The molecule has 0 saturated carbocycles. The van der Waals surface area contributed by atoms with Gasteiger partial charge in [0, 0.05) is 19.6 Å². The first-order valence-corrected chi connectivity index (χ1v) is 7.53. The molecule has 3 amide bonds. The lowest BCUT2D eigenvalue weighted by molar-refractivity contribution is -0.131. The Morgan fingerprint density at radius 2 is 1.91 bits per heavy atom. The summed E-state index contributed by atoms with van der Waals surface area (Å²) in [4.78, 5) is 39.8. The molecule has 1 N–H and O–H groups in total. The molecule has 0 radical (unpaired) electrons. The first kappa shape index (κ1) is 14.7. The number of nitrogens with zero attached hydrogens (tertiary/aromatic N) is 2. The summed E-state index contributed by atoms with van der Waals surface area (Å²) in [5.74, 6) is -0.916. The summed E-state index contributed by atoms with van der Waals surface area (Å²) in [5, 5.41) is 3.22. The van der Waals surface area contributed by atoms with Crippen molar-refractivity contribution in [3.05, 3.63) is 34.9 Å². The first-order chi connectivity index (χ1) is 10.6. The second kappa shape index (κ2) is 5.88. The van der Waals surface area contributed by atoms with E-state index in [1.807, 2.05) is 6.92 Å². The van der Waals surface area contributed by atoms with Crippen molar-refractivity contribution in [2.24, 2.45) is 0 Å². The Labute approximate surface area is 129 Å². The molecular weight excluding hydrogens is 282 g/mol. The zero-order valence-corrected chi connectivity index (χ0v) is 12.6. The number of rotatable bonds is 2. The summed E-state index contributed by atoms with van der Waals surface area (Å²) < 4.78 is 0.